The molecule has 0 spiro atoms. The Morgan fingerprint density at radius 1 is 0.889 bits per heavy atom. The van der Waals surface area contributed by atoms with Crippen LogP contribution in [-0.4, -0.2) is 10.2 Å². The van der Waals surface area contributed by atoms with Crippen molar-refractivity contribution in [1.82, 2.24) is 0 Å². The summed E-state index contributed by atoms with van der Waals surface area (Å²) in [6, 6.07) is 7.30. The predicted molar refractivity (Wildman–Crippen MR) is 71.3 cm³/mol. The third-order valence-electron chi connectivity index (χ3n) is 2.17. The minimum Gasteiger partial charge on any atom is -0.505 e. The van der Waals surface area contributed by atoms with E-state index in [1.54, 1.807) is 6.07 Å². The van der Waals surface area contributed by atoms with Gasteiger partial charge in [-0.05, 0) is 24.3 Å². The highest BCUT2D eigenvalue weighted by Crippen LogP contribution is 2.42. The Balaban J connectivity index is 2.37. The largest absolute Gasteiger partial charge is 0.505 e. The second-order valence-corrected chi connectivity index (χ2v) is 4.64. The number of benzene rings is 2. The summed E-state index contributed by atoms with van der Waals surface area (Å²) in [6.45, 7) is 0. The highest BCUT2D eigenvalue weighted by molar-refractivity contribution is 6.38. The van der Waals surface area contributed by atoms with Crippen LogP contribution in [0.4, 0.5) is 0 Å². The number of hydrogen-bond acceptors (Lipinski definition) is 3. The molecule has 0 saturated heterocycles. The smallest absolute Gasteiger partial charge is 0.169 e. The Hall–Kier alpha value is -1.29. The molecular weight excluding hydrogens is 298 g/mol. The molecule has 0 aliphatic rings. The second kappa shape index (κ2) is 5.14. The molecule has 94 valence electrons. The molecule has 2 aromatic rings. The molecule has 2 rings (SSSR count). The summed E-state index contributed by atoms with van der Waals surface area (Å²) in [6.07, 6.45) is 0. The van der Waals surface area contributed by atoms with Crippen molar-refractivity contribution in [2.24, 2.45) is 0 Å². The van der Waals surface area contributed by atoms with Gasteiger partial charge in [0.15, 0.2) is 17.2 Å². The summed E-state index contributed by atoms with van der Waals surface area (Å²) in [4.78, 5) is 0. The fourth-order valence-corrected chi connectivity index (χ4v) is 1.87. The van der Waals surface area contributed by atoms with Crippen molar-refractivity contribution in [2.75, 3.05) is 0 Å². The van der Waals surface area contributed by atoms with Crippen LogP contribution in [0.25, 0.3) is 0 Å². The second-order valence-electron chi connectivity index (χ2n) is 3.42. The third kappa shape index (κ3) is 2.58. The number of halogens is 3. The van der Waals surface area contributed by atoms with Gasteiger partial charge in [-0.2, -0.15) is 0 Å². The Morgan fingerprint density at radius 2 is 1.56 bits per heavy atom. The molecule has 0 radical (unpaired) electrons. The van der Waals surface area contributed by atoms with Crippen LogP contribution in [0.5, 0.6) is 23.0 Å². The lowest BCUT2D eigenvalue weighted by atomic mass is 10.3. The van der Waals surface area contributed by atoms with Gasteiger partial charge < -0.3 is 14.9 Å². The van der Waals surface area contributed by atoms with Gasteiger partial charge in [0, 0.05) is 11.1 Å². The average molecular weight is 306 g/mol. The molecule has 2 aromatic carbocycles. The summed E-state index contributed by atoms with van der Waals surface area (Å²) in [5.41, 5.74) is 0. The molecule has 18 heavy (non-hydrogen) atoms. The monoisotopic (exact) mass is 304 g/mol. The van der Waals surface area contributed by atoms with Gasteiger partial charge in [-0.1, -0.05) is 34.8 Å². The maximum Gasteiger partial charge on any atom is 0.169 e. The topological polar surface area (TPSA) is 49.7 Å². The third-order valence-corrected chi connectivity index (χ3v) is 3.08. The van der Waals surface area contributed by atoms with Gasteiger partial charge >= 0.3 is 0 Å². The SMILES string of the molecule is Oc1cc(Cl)ccc1Oc1ccc(Cl)c(O)c1Cl. The first-order chi connectivity index (χ1) is 8.49. The van der Waals surface area contributed by atoms with E-state index in [0.29, 0.717) is 5.02 Å². The summed E-state index contributed by atoms with van der Waals surface area (Å²) in [5, 5.41) is 19.6. The number of phenolic OH excluding ortho intramolecular Hbond substituents is 2. The van der Waals surface area contributed by atoms with Crippen molar-refractivity contribution in [3.05, 3.63) is 45.4 Å². The molecule has 2 N–H and O–H groups in total. The van der Waals surface area contributed by atoms with Gasteiger partial charge in [-0.25, -0.2) is 0 Å². The van der Waals surface area contributed by atoms with Crippen molar-refractivity contribution in [1.29, 1.82) is 0 Å². The standard InChI is InChI=1S/C12H7Cl3O3/c13-6-1-3-9(8(16)5-6)18-10-4-2-7(14)12(17)11(10)15/h1-5,16-17H. The van der Waals surface area contributed by atoms with Gasteiger partial charge in [0.25, 0.3) is 0 Å². The molecule has 0 aromatic heterocycles. The maximum absolute atomic E-state index is 9.63. The van der Waals surface area contributed by atoms with Crippen LogP contribution in [0.1, 0.15) is 0 Å². The summed E-state index contributed by atoms with van der Waals surface area (Å²) in [7, 11) is 0. The summed E-state index contributed by atoms with van der Waals surface area (Å²) < 4.78 is 5.37. The molecule has 0 aliphatic heterocycles. The van der Waals surface area contributed by atoms with Crippen LogP contribution < -0.4 is 4.74 Å². The van der Waals surface area contributed by atoms with Crippen LogP contribution in [0.2, 0.25) is 15.1 Å². The van der Waals surface area contributed by atoms with Crippen LogP contribution in [-0.2, 0) is 0 Å². The fourth-order valence-electron chi connectivity index (χ4n) is 1.30. The number of aromatic hydroxyl groups is 2. The minimum atomic E-state index is -0.274. The fraction of sp³-hybridized carbons (Fsp3) is 0. The molecule has 0 aliphatic carbocycles. The van der Waals surface area contributed by atoms with Crippen molar-refractivity contribution in [2.45, 2.75) is 0 Å². The van der Waals surface area contributed by atoms with Crippen molar-refractivity contribution < 1.29 is 14.9 Å². The lowest BCUT2D eigenvalue weighted by Gasteiger charge is -2.10. The van der Waals surface area contributed by atoms with Gasteiger partial charge in [-0.3, -0.25) is 0 Å². The lowest BCUT2D eigenvalue weighted by molar-refractivity contribution is 0.408. The van der Waals surface area contributed by atoms with Crippen molar-refractivity contribution in [3.8, 4) is 23.0 Å². The van der Waals surface area contributed by atoms with Crippen LogP contribution in [0, 0.1) is 0 Å². The molecule has 0 atom stereocenters. The molecule has 0 fully saturated rings. The zero-order valence-corrected chi connectivity index (χ0v) is 11.1. The predicted octanol–water partition coefficient (Wildman–Crippen LogP) is 4.85. The van der Waals surface area contributed by atoms with Crippen LogP contribution in [0.3, 0.4) is 0 Å². The first-order valence-corrected chi connectivity index (χ1v) is 5.96. The quantitative estimate of drug-likeness (QED) is 0.834. The molecule has 0 bridgehead atoms. The lowest BCUT2D eigenvalue weighted by Crippen LogP contribution is -1.86. The first kappa shape index (κ1) is 13.1. The Bertz CT molecular complexity index is 599. The van der Waals surface area contributed by atoms with E-state index in [9.17, 15) is 10.2 Å². The number of phenols is 2. The Morgan fingerprint density at radius 3 is 2.22 bits per heavy atom. The van der Waals surface area contributed by atoms with Crippen LogP contribution in [0.15, 0.2) is 30.3 Å². The molecule has 0 saturated carbocycles. The zero-order valence-electron chi connectivity index (χ0n) is 8.82. The van der Waals surface area contributed by atoms with E-state index in [-0.39, 0.29) is 33.0 Å². The molecule has 3 nitrogen and oxygen atoms in total. The van der Waals surface area contributed by atoms with E-state index in [1.807, 2.05) is 0 Å². The van der Waals surface area contributed by atoms with E-state index in [1.165, 1.54) is 24.3 Å². The number of ether oxygens (including phenoxy) is 1. The highest BCUT2D eigenvalue weighted by Gasteiger charge is 2.13. The van der Waals surface area contributed by atoms with E-state index in [0.717, 1.165) is 0 Å². The molecule has 6 heteroatoms. The highest BCUT2D eigenvalue weighted by atomic mass is 35.5. The molecule has 0 amide bonds. The summed E-state index contributed by atoms with van der Waals surface area (Å²) in [5.74, 6) is -0.0588. The normalized spacial score (nSPS) is 10.4. The van der Waals surface area contributed by atoms with E-state index < -0.39 is 0 Å². The van der Waals surface area contributed by atoms with Gasteiger partial charge in [-0.15, -0.1) is 0 Å². The Kier molecular flexibility index (Phi) is 3.76. The molecular formula is C12H7Cl3O3. The maximum atomic E-state index is 9.63. The van der Waals surface area contributed by atoms with Gasteiger partial charge in [0.05, 0.1) is 5.02 Å². The summed E-state index contributed by atoms with van der Waals surface area (Å²) >= 11 is 17.2. The number of rotatable bonds is 2. The van der Waals surface area contributed by atoms with E-state index in [2.05, 4.69) is 0 Å². The number of hydrogen-bond donors (Lipinski definition) is 2. The Labute approximate surface area is 118 Å². The van der Waals surface area contributed by atoms with Gasteiger partial charge in [0.1, 0.15) is 10.8 Å². The van der Waals surface area contributed by atoms with E-state index in [4.69, 9.17) is 39.5 Å². The first-order valence-electron chi connectivity index (χ1n) is 4.82. The van der Waals surface area contributed by atoms with Crippen molar-refractivity contribution in [3.63, 3.8) is 0 Å². The van der Waals surface area contributed by atoms with Crippen LogP contribution >= 0.6 is 34.8 Å². The molecule has 0 unspecified atom stereocenters. The minimum absolute atomic E-state index is 0.0307. The molecule has 0 heterocycles. The average Bonchev–Trinajstić information content (AvgIpc) is 2.33. The van der Waals surface area contributed by atoms with E-state index >= 15 is 0 Å². The van der Waals surface area contributed by atoms with Gasteiger partial charge in [0.2, 0.25) is 0 Å². The van der Waals surface area contributed by atoms with Crippen molar-refractivity contribution >= 4 is 34.8 Å². The zero-order chi connectivity index (χ0) is 13.3.